The van der Waals surface area contributed by atoms with Gasteiger partial charge in [-0.05, 0) is 55.7 Å². The van der Waals surface area contributed by atoms with Gasteiger partial charge in [0.2, 0.25) is 0 Å². The average Bonchev–Trinajstić information content (AvgIpc) is 3.34. The molecule has 5 nitrogen and oxygen atoms in total. The number of aryl methyl sites for hydroxylation is 1. The molecule has 2 fully saturated rings. The first-order chi connectivity index (χ1) is 14.0. The number of ether oxygens (including phenoxy) is 1. The summed E-state index contributed by atoms with van der Waals surface area (Å²) in [5.74, 6) is -1.18. The van der Waals surface area contributed by atoms with Gasteiger partial charge in [0.05, 0.1) is 5.92 Å². The summed E-state index contributed by atoms with van der Waals surface area (Å²) in [5.41, 5.74) is 2.34. The summed E-state index contributed by atoms with van der Waals surface area (Å²) in [6.07, 6.45) is 2.81. The Morgan fingerprint density at radius 1 is 0.966 bits per heavy atom. The third-order valence-electron chi connectivity index (χ3n) is 6.20. The first-order valence-electron chi connectivity index (χ1n) is 10.2. The SMILES string of the molecule is Cc1cccc(NC(=O)COC(=O)[C@@H]2[C@H]3CC[C@@H](C3)[C@H]2C(=O)c2ccccc2)c1. The van der Waals surface area contributed by atoms with Crippen LogP contribution >= 0.6 is 0 Å². The van der Waals surface area contributed by atoms with Gasteiger partial charge < -0.3 is 10.1 Å². The summed E-state index contributed by atoms with van der Waals surface area (Å²) in [5, 5.41) is 2.74. The number of anilines is 1. The Labute approximate surface area is 170 Å². The lowest BCUT2D eigenvalue weighted by Crippen LogP contribution is -2.37. The number of rotatable bonds is 6. The van der Waals surface area contributed by atoms with Crippen LogP contribution in [0.15, 0.2) is 54.6 Å². The Morgan fingerprint density at radius 2 is 1.69 bits per heavy atom. The summed E-state index contributed by atoms with van der Waals surface area (Å²) in [7, 11) is 0. The van der Waals surface area contributed by atoms with Crippen molar-refractivity contribution < 1.29 is 19.1 Å². The number of hydrogen-bond donors (Lipinski definition) is 1. The van der Waals surface area contributed by atoms with Crippen LogP contribution in [0.5, 0.6) is 0 Å². The second-order valence-electron chi connectivity index (χ2n) is 8.14. The highest BCUT2D eigenvalue weighted by atomic mass is 16.5. The first kappa shape index (κ1) is 19.4. The Hall–Kier alpha value is -2.95. The van der Waals surface area contributed by atoms with E-state index in [-0.39, 0.29) is 36.1 Å². The number of carbonyl (C=O) groups excluding carboxylic acids is 3. The molecule has 1 amide bonds. The highest BCUT2D eigenvalue weighted by Crippen LogP contribution is 2.53. The fourth-order valence-corrected chi connectivity index (χ4v) is 4.96. The monoisotopic (exact) mass is 391 g/mol. The minimum atomic E-state index is -0.451. The molecule has 5 heteroatoms. The summed E-state index contributed by atoms with van der Waals surface area (Å²) >= 11 is 0. The molecular formula is C24H25NO4. The van der Waals surface area contributed by atoms with Crippen molar-refractivity contribution in [2.75, 3.05) is 11.9 Å². The van der Waals surface area contributed by atoms with Crippen molar-refractivity contribution in [3.63, 3.8) is 0 Å². The van der Waals surface area contributed by atoms with E-state index in [0.29, 0.717) is 11.3 Å². The van der Waals surface area contributed by atoms with Crippen LogP contribution in [0.4, 0.5) is 5.69 Å². The predicted octanol–water partition coefficient (Wildman–Crippen LogP) is 4.02. The number of ketones is 1. The number of hydrogen-bond acceptors (Lipinski definition) is 4. The van der Waals surface area contributed by atoms with Crippen molar-refractivity contribution in [3.05, 3.63) is 65.7 Å². The molecule has 0 aliphatic heterocycles. The fraction of sp³-hybridized carbons (Fsp3) is 0.375. The van der Waals surface area contributed by atoms with Crippen LogP contribution in [0, 0.1) is 30.6 Å². The molecule has 0 heterocycles. The molecule has 29 heavy (non-hydrogen) atoms. The van der Waals surface area contributed by atoms with Crippen LogP contribution in [0.3, 0.4) is 0 Å². The number of Topliss-reactive ketones (excluding diaryl/α,β-unsaturated/α-hetero) is 1. The molecule has 2 aromatic rings. The van der Waals surface area contributed by atoms with E-state index in [1.807, 2.05) is 43.3 Å². The van der Waals surface area contributed by atoms with Gasteiger partial charge in [-0.15, -0.1) is 0 Å². The summed E-state index contributed by atoms with van der Waals surface area (Å²) in [6.45, 7) is 1.60. The highest BCUT2D eigenvalue weighted by Gasteiger charge is 2.54. The smallest absolute Gasteiger partial charge is 0.310 e. The van der Waals surface area contributed by atoms with Gasteiger partial charge in [-0.25, -0.2) is 0 Å². The zero-order valence-electron chi connectivity index (χ0n) is 16.5. The quantitative estimate of drug-likeness (QED) is 0.596. The number of benzene rings is 2. The maximum atomic E-state index is 13.1. The maximum absolute atomic E-state index is 13.1. The number of carbonyl (C=O) groups is 3. The molecule has 0 aromatic heterocycles. The van der Waals surface area contributed by atoms with E-state index in [1.54, 1.807) is 18.2 Å². The molecule has 2 bridgehead atoms. The Kier molecular flexibility index (Phi) is 5.47. The van der Waals surface area contributed by atoms with Crippen LogP contribution in [0.25, 0.3) is 0 Å². The van der Waals surface area contributed by atoms with Crippen molar-refractivity contribution in [1.29, 1.82) is 0 Å². The summed E-state index contributed by atoms with van der Waals surface area (Å²) in [6, 6.07) is 16.6. The van der Waals surface area contributed by atoms with Crippen molar-refractivity contribution in [2.24, 2.45) is 23.7 Å². The fourth-order valence-electron chi connectivity index (χ4n) is 4.96. The van der Waals surface area contributed by atoms with Crippen LogP contribution in [-0.2, 0) is 14.3 Å². The molecule has 2 aliphatic rings. The lowest BCUT2D eigenvalue weighted by molar-refractivity contribution is -0.154. The Morgan fingerprint density at radius 3 is 2.41 bits per heavy atom. The Bertz CT molecular complexity index is 923. The zero-order chi connectivity index (χ0) is 20.4. The standard InChI is InChI=1S/C24H25NO4/c1-15-6-5-9-19(12-15)25-20(26)14-29-24(28)22-18-11-10-17(13-18)21(22)23(27)16-7-3-2-4-8-16/h2-9,12,17-18,21-22H,10-11,13-14H2,1H3,(H,25,26)/t17-,18-,21+,22+/m0/s1. The van der Waals surface area contributed by atoms with E-state index in [0.717, 1.165) is 24.8 Å². The van der Waals surface area contributed by atoms with Crippen LogP contribution in [-0.4, -0.2) is 24.3 Å². The number of esters is 1. The average molecular weight is 391 g/mol. The van der Waals surface area contributed by atoms with Crippen molar-refractivity contribution >= 4 is 23.3 Å². The van der Waals surface area contributed by atoms with Crippen LogP contribution in [0.2, 0.25) is 0 Å². The molecule has 4 atom stereocenters. The van der Waals surface area contributed by atoms with E-state index >= 15 is 0 Å². The van der Waals surface area contributed by atoms with Crippen molar-refractivity contribution in [1.82, 2.24) is 0 Å². The molecule has 0 saturated heterocycles. The summed E-state index contributed by atoms with van der Waals surface area (Å²) in [4.78, 5) is 38.1. The largest absolute Gasteiger partial charge is 0.455 e. The second kappa shape index (κ2) is 8.19. The van der Waals surface area contributed by atoms with E-state index in [9.17, 15) is 14.4 Å². The molecule has 0 unspecified atom stereocenters. The first-order valence-corrected chi connectivity index (χ1v) is 10.2. The second-order valence-corrected chi connectivity index (χ2v) is 8.14. The zero-order valence-corrected chi connectivity index (χ0v) is 16.5. The molecule has 150 valence electrons. The van der Waals surface area contributed by atoms with Gasteiger partial charge in [-0.2, -0.15) is 0 Å². The molecule has 4 rings (SSSR count). The normalized spacial score (nSPS) is 24.9. The number of fused-ring (bicyclic) bond motifs is 2. The lowest BCUT2D eigenvalue weighted by Gasteiger charge is -2.28. The van der Waals surface area contributed by atoms with E-state index < -0.39 is 11.9 Å². The molecule has 2 saturated carbocycles. The van der Waals surface area contributed by atoms with Gasteiger partial charge in [0.1, 0.15) is 0 Å². The topological polar surface area (TPSA) is 72.5 Å². The van der Waals surface area contributed by atoms with Gasteiger partial charge in [0.15, 0.2) is 12.4 Å². The number of amides is 1. The minimum absolute atomic E-state index is 0.0176. The van der Waals surface area contributed by atoms with Crippen LogP contribution in [0.1, 0.15) is 35.2 Å². The highest BCUT2D eigenvalue weighted by molar-refractivity contribution is 6.01. The van der Waals surface area contributed by atoms with E-state index in [2.05, 4.69) is 5.32 Å². The summed E-state index contributed by atoms with van der Waals surface area (Å²) < 4.78 is 5.36. The molecule has 2 aliphatic carbocycles. The third kappa shape index (κ3) is 4.09. The minimum Gasteiger partial charge on any atom is -0.455 e. The maximum Gasteiger partial charge on any atom is 0.310 e. The molecule has 1 N–H and O–H groups in total. The van der Waals surface area contributed by atoms with Gasteiger partial charge in [-0.1, -0.05) is 42.5 Å². The molecule has 0 radical (unpaired) electrons. The lowest BCUT2D eigenvalue weighted by atomic mass is 9.75. The van der Waals surface area contributed by atoms with E-state index in [1.165, 1.54) is 0 Å². The molecular weight excluding hydrogens is 366 g/mol. The van der Waals surface area contributed by atoms with Gasteiger partial charge in [0.25, 0.3) is 5.91 Å². The molecule has 2 aromatic carbocycles. The van der Waals surface area contributed by atoms with Gasteiger partial charge in [0, 0.05) is 17.2 Å². The van der Waals surface area contributed by atoms with Crippen molar-refractivity contribution in [3.8, 4) is 0 Å². The van der Waals surface area contributed by atoms with Gasteiger partial charge in [-0.3, -0.25) is 14.4 Å². The number of nitrogens with one attached hydrogen (secondary N) is 1. The van der Waals surface area contributed by atoms with Crippen LogP contribution < -0.4 is 5.32 Å². The predicted molar refractivity (Wildman–Crippen MR) is 109 cm³/mol. The Balaban J connectivity index is 1.40. The molecule has 0 spiro atoms. The third-order valence-corrected chi connectivity index (χ3v) is 6.20. The van der Waals surface area contributed by atoms with Crippen molar-refractivity contribution in [2.45, 2.75) is 26.2 Å². The van der Waals surface area contributed by atoms with Gasteiger partial charge >= 0.3 is 5.97 Å². The van der Waals surface area contributed by atoms with E-state index in [4.69, 9.17) is 4.74 Å².